The third-order valence-corrected chi connectivity index (χ3v) is 2.35. The van der Waals surface area contributed by atoms with Crippen molar-refractivity contribution in [3.05, 3.63) is 22.7 Å². The third kappa shape index (κ3) is 2.53. The van der Waals surface area contributed by atoms with Crippen molar-refractivity contribution in [3.63, 3.8) is 0 Å². The Labute approximate surface area is 92.4 Å². The first-order valence-corrected chi connectivity index (χ1v) is 4.59. The number of rotatable bonds is 4. The predicted octanol–water partition coefficient (Wildman–Crippen LogP) is 1.98. The first-order valence-electron chi connectivity index (χ1n) is 4.21. The van der Waals surface area contributed by atoms with E-state index in [-0.39, 0.29) is 11.4 Å². The summed E-state index contributed by atoms with van der Waals surface area (Å²) in [6, 6.07) is 3.26. The van der Waals surface area contributed by atoms with Crippen molar-refractivity contribution < 1.29 is 19.4 Å². The van der Waals surface area contributed by atoms with E-state index >= 15 is 0 Å². The normalized spacial score (nSPS) is 9.80. The summed E-state index contributed by atoms with van der Waals surface area (Å²) < 4.78 is 10.0. The van der Waals surface area contributed by atoms with E-state index in [1.54, 1.807) is 12.1 Å². The molecule has 0 atom stereocenters. The molecular weight excluding hydrogens is 220 g/mol. The largest absolute Gasteiger partial charge is 0.496 e. The Morgan fingerprint density at radius 3 is 2.33 bits per heavy atom. The van der Waals surface area contributed by atoms with Crippen LogP contribution in [0.1, 0.15) is 5.56 Å². The maximum atomic E-state index is 10.6. The molecule has 82 valence electrons. The van der Waals surface area contributed by atoms with E-state index in [2.05, 4.69) is 0 Å². The van der Waals surface area contributed by atoms with Crippen LogP contribution in [0, 0.1) is 0 Å². The Morgan fingerprint density at radius 2 is 1.87 bits per heavy atom. The number of hydrogen-bond donors (Lipinski definition) is 1. The van der Waals surface area contributed by atoms with Crippen molar-refractivity contribution in [2.24, 2.45) is 0 Å². The van der Waals surface area contributed by atoms with Crippen LogP contribution in [0.2, 0.25) is 5.02 Å². The van der Waals surface area contributed by atoms with Crippen LogP contribution in [0.5, 0.6) is 11.5 Å². The number of ether oxygens (including phenoxy) is 2. The minimum Gasteiger partial charge on any atom is -0.496 e. The fraction of sp³-hybridized carbons (Fsp3) is 0.300. The lowest BCUT2D eigenvalue weighted by molar-refractivity contribution is -0.136. The number of carboxylic acids is 1. The van der Waals surface area contributed by atoms with Gasteiger partial charge in [0.1, 0.15) is 11.5 Å². The molecule has 0 unspecified atom stereocenters. The molecule has 0 saturated heterocycles. The van der Waals surface area contributed by atoms with Crippen molar-refractivity contribution in [2.75, 3.05) is 14.2 Å². The van der Waals surface area contributed by atoms with Crippen molar-refractivity contribution in [3.8, 4) is 11.5 Å². The summed E-state index contributed by atoms with van der Waals surface area (Å²) in [4.78, 5) is 10.6. The monoisotopic (exact) mass is 230 g/mol. The number of carbonyl (C=O) groups is 1. The van der Waals surface area contributed by atoms with E-state index in [0.29, 0.717) is 17.1 Å². The molecular formula is C10H11ClO4. The Balaban J connectivity index is 3.22. The summed E-state index contributed by atoms with van der Waals surface area (Å²) in [5.41, 5.74) is 0.422. The lowest BCUT2D eigenvalue weighted by Crippen LogP contribution is -2.04. The van der Waals surface area contributed by atoms with Gasteiger partial charge in [-0.2, -0.15) is 0 Å². The Morgan fingerprint density at radius 1 is 1.33 bits per heavy atom. The van der Waals surface area contributed by atoms with Gasteiger partial charge in [-0.3, -0.25) is 4.79 Å². The molecule has 0 aliphatic heterocycles. The van der Waals surface area contributed by atoms with Gasteiger partial charge in [0.25, 0.3) is 0 Å². The lowest BCUT2D eigenvalue weighted by Gasteiger charge is -2.11. The molecule has 1 rings (SSSR count). The molecule has 5 heteroatoms. The summed E-state index contributed by atoms with van der Waals surface area (Å²) in [6.45, 7) is 0. The molecule has 0 heterocycles. The molecule has 15 heavy (non-hydrogen) atoms. The summed E-state index contributed by atoms with van der Waals surface area (Å²) >= 11 is 5.97. The number of carboxylic acid groups (broad SMARTS) is 1. The molecule has 0 aromatic heterocycles. The molecule has 0 amide bonds. The van der Waals surface area contributed by atoms with E-state index in [1.165, 1.54) is 14.2 Å². The van der Waals surface area contributed by atoms with Crippen molar-refractivity contribution in [1.82, 2.24) is 0 Å². The molecule has 1 N–H and O–H groups in total. The van der Waals surface area contributed by atoms with Crippen molar-refractivity contribution in [1.29, 1.82) is 0 Å². The fourth-order valence-corrected chi connectivity index (χ4v) is 1.55. The molecule has 0 aliphatic carbocycles. The molecule has 0 saturated carbocycles. The molecule has 0 fully saturated rings. The van der Waals surface area contributed by atoms with Crippen molar-refractivity contribution >= 4 is 17.6 Å². The quantitative estimate of drug-likeness (QED) is 0.860. The zero-order valence-corrected chi connectivity index (χ0v) is 9.17. The average molecular weight is 231 g/mol. The maximum absolute atomic E-state index is 10.6. The van der Waals surface area contributed by atoms with Gasteiger partial charge in [-0.25, -0.2) is 0 Å². The van der Waals surface area contributed by atoms with Crippen molar-refractivity contribution in [2.45, 2.75) is 6.42 Å². The van der Waals surface area contributed by atoms with Crippen LogP contribution < -0.4 is 9.47 Å². The van der Waals surface area contributed by atoms with Gasteiger partial charge in [0.15, 0.2) is 0 Å². The van der Waals surface area contributed by atoms with Gasteiger partial charge >= 0.3 is 5.97 Å². The Kier molecular flexibility index (Phi) is 3.80. The molecule has 0 aliphatic rings. The van der Waals surface area contributed by atoms with Gasteiger partial charge in [0.2, 0.25) is 0 Å². The maximum Gasteiger partial charge on any atom is 0.308 e. The number of benzene rings is 1. The number of methoxy groups -OCH3 is 2. The minimum absolute atomic E-state index is 0.195. The highest BCUT2D eigenvalue weighted by Crippen LogP contribution is 2.34. The van der Waals surface area contributed by atoms with E-state index in [9.17, 15) is 4.79 Å². The second-order valence-electron chi connectivity index (χ2n) is 2.83. The number of halogens is 1. The lowest BCUT2D eigenvalue weighted by atomic mass is 10.1. The van der Waals surface area contributed by atoms with E-state index in [4.69, 9.17) is 26.2 Å². The van der Waals surface area contributed by atoms with Crippen LogP contribution in [-0.4, -0.2) is 25.3 Å². The van der Waals surface area contributed by atoms with E-state index in [0.717, 1.165) is 0 Å². The van der Waals surface area contributed by atoms with Gasteiger partial charge in [0.05, 0.1) is 25.7 Å². The van der Waals surface area contributed by atoms with Gasteiger partial charge in [-0.05, 0) is 12.1 Å². The average Bonchev–Trinajstić information content (AvgIpc) is 2.20. The third-order valence-electron chi connectivity index (χ3n) is 1.93. The van der Waals surface area contributed by atoms with Crippen LogP contribution >= 0.6 is 11.6 Å². The molecule has 1 aromatic carbocycles. The van der Waals surface area contributed by atoms with Crippen LogP contribution in [0.25, 0.3) is 0 Å². The first kappa shape index (κ1) is 11.7. The standard InChI is InChI=1S/C10H11ClO4/c1-14-7-3-4-8(15-2)10(11)6(7)5-9(12)13/h3-4H,5H2,1-2H3,(H,12,13). The van der Waals surface area contributed by atoms with Crippen LogP contribution in [0.4, 0.5) is 0 Å². The molecule has 1 aromatic rings. The second kappa shape index (κ2) is 4.89. The Bertz CT molecular complexity index is 376. The number of aliphatic carboxylic acids is 1. The topological polar surface area (TPSA) is 55.8 Å². The van der Waals surface area contributed by atoms with E-state index < -0.39 is 5.97 Å². The molecule has 0 bridgehead atoms. The zero-order valence-electron chi connectivity index (χ0n) is 8.41. The second-order valence-corrected chi connectivity index (χ2v) is 3.21. The van der Waals surface area contributed by atoms with Gasteiger partial charge in [0, 0.05) is 5.56 Å². The summed E-state index contributed by atoms with van der Waals surface area (Å²) in [5.74, 6) is -0.0830. The van der Waals surface area contributed by atoms with Gasteiger partial charge < -0.3 is 14.6 Å². The molecule has 0 spiro atoms. The SMILES string of the molecule is COc1ccc(OC)c(CC(=O)O)c1Cl. The zero-order chi connectivity index (χ0) is 11.4. The molecule has 0 radical (unpaired) electrons. The summed E-state index contributed by atoms with van der Waals surface area (Å²) in [5, 5.41) is 9.00. The fourth-order valence-electron chi connectivity index (χ4n) is 1.25. The van der Waals surface area contributed by atoms with Gasteiger partial charge in [-0.1, -0.05) is 11.6 Å². The van der Waals surface area contributed by atoms with E-state index in [1.807, 2.05) is 0 Å². The van der Waals surface area contributed by atoms with Crippen LogP contribution in [0.3, 0.4) is 0 Å². The van der Waals surface area contributed by atoms with Gasteiger partial charge in [-0.15, -0.1) is 0 Å². The summed E-state index contributed by atoms with van der Waals surface area (Å²) in [6.07, 6.45) is -0.195. The smallest absolute Gasteiger partial charge is 0.308 e. The number of hydrogen-bond acceptors (Lipinski definition) is 3. The first-order chi connectivity index (χ1) is 7.10. The highest BCUT2D eigenvalue weighted by atomic mass is 35.5. The predicted molar refractivity (Wildman–Crippen MR) is 55.9 cm³/mol. The van der Waals surface area contributed by atoms with Crippen LogP contribution in [0.15, 0.2) is 12.1 Å². The summed E-state index contributed by atoms with van der Waals surface area (Å²) in [7, 11) is 2.93. The highest BCUT2D eigenvalue weighted by molar-refractivity contribution is 6.33. The Hall–Kier alpha value is -1.42. The molecule has 4 nitrogen and oxygen atoms in total. The van der Waals surface area contributed by atoms with Crippen LogP contribution in [-0.2, 0) is 11.2 Å². The highest BCUT2D eigenvalue weighted by Gasteiger charge is 2.15. The minimum atomic E-state index is -0.969.